The highest BCUT2D eigenvalue weighted by atomic mass is 16.4. The quantitative estimate of drug-likeness (QED) is 0.834. The fourth-order valence-corrected chi connectivity index (χ4v) is 3.90. The Labute approximate surface area is 120 Å². The molecule has 2 saturated heterocycles. The molecule has 0 radical (unpaired) electrons. The van der Waals surface area contributed by atoms with E-state index in [0.29, 0.717) is 24.2 Å². The van der Waals surface area contributed by atoms with Gasteiger partial charge < -0.3 is 10.0 Å². The molecule has 108 valence electrons. The summed E-state index contributed by atoms with van der Waals surface area (Å²) < 4.78 is 0. The van der Waals surface area contributed by atoms with E-state index in [1.807, 2.05) is 0 Å². The van der Waals surface area contributed by atoms with Crippen LogP contribution in [0.4, 0.5) is 4.79 Å². The number of rotatable bonds is 2. The second kappa shape index (κ2) is 3.84. The molecule has 1 aliphatic carbocycles. The number of carbonyl (C=O) groups excluding carboxylic acids is 2. The van der Waals surface area contributed by atoms with Gasteiger partial charge in [-0.15, -0.1) is 0 Å². The first kappa shape index (κ1) is 12.4. The van der Waals surface area contributed by atoms with Crippen molar-refractivity contribution in [3.63, 3.8) is 0 Å². The Kier molecular flexibility index (Phi) is 2.26. The maximum Gasteiger partial charge on any atom is 0.407 e. The van der Waals surface area contributed by atoms with Gasteiger partial charge in [0.15, 0.2) is 0 Å². The number of imide groups is 1. The highest BCUT2D eigenvalue weighted by Gasteiger charge is 2.58. The lowest BCUT2D eigenvalue weighted by Crippen LogP contribution is -2.46. The Morgan fingerprint density at radius 2 is 1.76 bits per heavy atom. The summed E-state index contributed by atoms with van der Waals surface area (Å²) >= 11 is 0. The van der Waals surface area contributed by atoms with Crippen LogP contribution in [0.15, 0.2) is 24.3 Å². The van der Waals surface area contributed by atoms with E-state index in [1.165, 1.54) is 9.80 Å². The summed E-state index contributed by atoms with van der Waals surface area (Å²) in [5.41, 5.74) is 0.655. The third-order valence-corrected chi connectivity index (χ3v) is 4.90. The second-order valence-electron chi connectivity index (χ2n) is 6.21. The topological polar surface area (TPSA) is 77.9 Å². The van der Waals surface area contributed by atoms with Crippen molar-refractivity contribution in [3.8, 4) is 0 Å². The van der Waals surface area contributed by atoms with Crippen molar-refractivity contribution in [1.82, 2.24) is 9.80 Å². The van der Waals surface area contributed by atoms with Crippen molar-refractivity contribution in [2.45, 2.75) is 18.9 Å². The molecule has 0 spiro atoms. The van der Waals surface area contributed by atoms with Crippen LogP contribution in [0.3, 0.4) is 0 Å². The SMILES string of the molecule is O=C1c2ccccc2C(=O)N1CC12CC(C1)N(C(=O)O)C2. The van der Waals surface area contributed by atoms with Crippen molar-refractivity contribution >= 4 is 17.9 Å². The fraction of sp³-hybridized carbons (Fsp3) is 0.400. The monoisotopic (exact) mass is 286 g/mol. The first-order valence-electron chi connectivity index (χ1n) is 6.96. The Bertz CT molecular complexity index is 643. The maximum atomic E-state index is 12.3. The van der Waals surface area contributed by atoms with Crippen LogP contribution in [0.5, 0.6) is 0 Å². The van der Waals surface area contributed by atoms with E-state index in [-0.39, 0.29) is 23.3 Å². The number of benzene rings is 1. The average molecular weight is 286 g/mol. The number of carbonyl (C=O) groups is 3. The van der Waals surface area contributed by atoms with Crippen LogP contribution in [0.2, 0.25) is 0 Å². The lowest BCUT2D eigenvalue weighted by Gasteiger charge is -2.38. The number of fused-ring (bicyclic) bond motifs is 2. The largest absolute Gasteiger partial charge is 0.465 e. The molecule has 0 unspecified atom stereocenters. The third kappa shape index (κ3) is 1.55. The summed E-state index contributed by atoms with van der Waals surface area (Å²) in [4.78, 5) is 38.5. The highest BCUT2D eigenvalue weighted by Crippen LogP contribution is 2.52. The number of nitrogens with zero attached hydrogens (tertiary/aromatic N) is 2. The van der Waals surface area contributed by atoms with E-state index in [2.05, 4.69) is 0 Å². The van der Waals surface area contributed by atoms with Crippen LogP contribution in [-0.2, 0) is 0 Å². The molecule has 3 fully saturated rings. The van der Waals surface area contributed by atoms with Gasteiger partial charge in [0.2, 0.25) is 0 Å². The summed E-state index contributed by atoms with van der Waals surface area (Å²) in [7, 11) is 0. The zero-order valence-corrected chi connectivity index (χ0v) is 11.3. The number of amides is 3. The van der Waals surface area contributed by atoms with E-state index in [0.717, 1.165) is 12.8 Å². The molecule has 1 aromatic rings. The molecule has 6 heteroatoms. The Morgan fingerprint density at radius 3 is 2.24 bits per heavy atom. The van der Waals surface area contributed by atoms with Gasteiger partial charge in [-0.2, -0.15) is 0 Å². The van der Waals surface area contributed by atoms with Gasteiger partial charge in [0.05, 0.1) is 11.1 Å². The molecule has 5 rings (SSSR count). The standard InChI is InChI=1S/C15H14N2O4/c18-12-10-3-1-2-4-11(10)13(19)17(12)8-15-5-9(6-15)16(7-15)14(20)21/h1-4,9H,5-8H2,(H,20,21). The normalized spacial score (nSPS) is 29.6. The van der Waals surface area contributed by atoms with Gasteiger partial charge >= 0.3 is 6.09 Å². The summed E-state index contributed by atoms with van der Waals surface area (Å²) in [5, 5.41) is 9.11. The van der Waals surface area contributed by atoms with Gasteiger partial charge in [-0.1, -0.05) is 12.1 Å². The molecule has 4 aliphatic rings. The van der Waals surface area contributed by atoms with Crippen LogP contribution in [0.1, 0.15) is 33.6 Å². The summed E-state index contributed by atoms with van der Waals surface area (Å²) in [6.07, 6.45) is 0.570. The van der Waals surface area contributed by atoms with Crippen molar-refractivity contribution < 1.29 is 19.5 Å². The van der Waals surface area contributed by atoms with Gasteiger partial charge in [-0.25, -0.2) is 4.79 Å². The number of hydrogen-bond acceptors (Lipinski definition) is 3. The zero-order chi connectivity index (χ0) is 14.8. The molecular weight excluding hydrogens is 272 g/mol. The molecule has 1 aromatic carbocycles. The van der Waals surface area contributed by atoms with E-state index < -0.39 is 6.09 Å². The van der Waals surface area contributed by atoms with Crippen LogP contribution >= 0.6 is 0 Å². The summed E-state index contributed by atoms with van der Waals surface area (Å²) in [6.45, 7) is 0.736. The zero-order valence-electron chi connectivity index (χ0n) is 11.3. The van der Waals surface area contributed by atoms with E-state index in [9.17, 15) is 14.4 Å². The minimum atomic E-state index is -0.915. The minimum Gasteiger partial charge on any atom is -0.465 e. The molecule has 3 heterocycles. The predicted molar refractivity (Wildman–Crippen MR) is 72.0 cm³/mol. The van der Waals surface area contributed by atoms with E-state index in [1.54, 1.807) is 24.3 Å². The second-order valence-corrected chi connectivity index (χ2v) is 6.21. The van der Waals surface area contributed by atoms with Crippen LogP contribution in [0, 0.1) is 5.41 Å². The lowest BCUT2D eigenvalue weighted by molar-refractivity contribution is 0.0515. The smallest absolute Gasteiger partial charge is 0.407 e. The first-order valence-corrected chi connectivity index (χ1v) is 6.96. The van der Waals surface area contributed by atoms with Crippen molar-refractivity contribution in [1.29, 1.82) is 0 Å². The molecule has 0 aromatic heterocycles. The van der Waals surface area contributed by atoms with Gasteiger partial charge in [0.1, 0.15) is 0 Å². The number of hydrogen-bond donors (Lipinski definition) is 1. The lowest BCUT2D eigenvalue weighted by atomic mass is 9.70. The predicted octanol–water partition coefficient (Wildman–Crippen LogP) is 1.43. The van der Waals surface area contributed by atoms with Crippen LogP contribution < -0.4 is 0 Å². The maximum absolute atomic E-state index is 12.3. The first-order chi connectivity index (χ1) is 10.0. The highest BCUT2D eigenvalue weighted by molar-refractivity contribution is 6.21. The molecule has 0 atom stereocenters. The van der Waals surface area contributed by atoms with Gasteiger partial charge in [0, 0.05) is 24.5 Å². The Hall–Kier alpha value is -2.37. The van der Waals surface area contributed by atoms with Crippen molar-refractivity contribution in [2.24, 2.45) is 5.41 Å². The molecule has 6 nitrogen and oxygen atoms in total. The molecule has 3 aliphatic heterocycles. The Morgan fingerprint density at radius 1 is 1.19 bits per heavy atom. The van der Waals surface area contributed by atoms with Crippen LogP contribution in [-0.4, -0.2) is 51.9 Å². The van der Waals surface area contributed by atoms with Crippen molar-refractivity contribution in [2.75, 3.05) is 13.1 Å². The average Bonchev–Trinajstić information content (AvgIpc) is 3.05. The summed E-state index contributed by atoms with van der Waals surface area (Å²) in [6, 6.07) is 6.86. The minimum absolute atomic E-state index is 0.0534. The van der Waals surface area contributed by atoms with Crippen molar-refractivity contribution in [3.05, 3.63) is 35.4 Å². The molecule has 1 saturated carbocycles. The van der Waals surface area contributed by atoms with Gasteiger partial charge in [-0.3, -0.25) is 14.5 Å². The van der Waals surface area contributed by atoms with E-state index in [4.69, 9.17) is 5.11 Å². The molecule has 3 amide bonds. The van der Waals surface area contributed by atoms with Crippen LogP contribution in [0.25, 0.3) is 0 Å². The fourth-order valence-electron chi connectivity index (χ4n) is 3.90. The molecule has 2 bridgehead atoms. The number of carboxylic acid groups (broad SMARTS) is 1. The Balaban J connectivity index is 1.57. The summed E-state index contributed by atoms with van der Waals surface area (Å²) in [5.74, 6) is -0.524. The van der Waals surface area contributed by atoms with Gasteiger partial charge in [0.25, 0.3) is 11.8 Å². The molecule has 21 heavy (non-hydrogen) atoms. The van der Waals surface area contributed by atoms with Gasteiger partial charge in [-0.05, 0) is 25.0 Å². The molecular formula is C15H14N2O4. The van der Waals surface area contributed by atoms with E-state index >= 15 is 0 Å². The molecule has 1 N–H and O–H groups in total. The third-order valence-electron chi connectivity index (χ3n) is 4.90.